The summed E-state index contributed by atoms with van der Waals surface area (Å²) in [6.07, 6.45) is 2.93. The van der Waals surface area contributed by atoms with Crippen LogP contribution in [0.3, 0.4) is 0 Å². The molecule has 1 unspecified atom stereocenters. The van der Waals surface area contributed by atoms with Crippen molar-refractivity contribution in [2.24, 2.45) is 0 Å². The maximum absolute atomic E-state index is 11.9. The van der Waals surface area contributed by atoms with Crippen LogP contribution in [-0.4, -0.2) is 12.5 Å². The molecule has 2 aromatic rings. The molecule has 2 heterocycles. The summed E-state index contributed by atoms with van der Waals surface area (Å²) in [6, 6.07) is 7.32. The van der Waals surface area contributed by atoms with Crippen LogP contribution in [0.4, 0.5) is 0 Å². The third-order valence-electron chi connectivity index (χ3n) is 2.88. The summed E-state index contributed by atoms with van der Waals surface area (Å²) in [7, 11) is 0. The highest BCUT2D eigenvalue weighted by Gasteiger charge is 2.12. The Morgan fingerprint density at radius 1 is 1.60 bits per heavy atom. The maximum Gasteiger partial charge on any atom is 0.262 e. The van der Waals surface area contributed by atoms with Crippen LogP contribution in [0, 0.1) is 11.3 Å². The summed E-state index contributed by atoms with van der Waals surface area (Å²) in [5, 5.41) is 15.9. The van der Waals surface area contributed by atoms with E-state index in [-0.39, 0.29) is 17.4 Å². The molecule has 0 aromatic carbocycles. The van der Waals surface area contributed by atoms with Gasteiger partial charge in [0, 0.05) is 12.6 Å². The van der Waals surface area contributed by atoms with Crippen LogP contribution in [0.5, 0.6) is 0 Å². The van der Waals surface area contributed by atoms with Crippen LogP contribution in [0.2, 0.25) is 0 Å². The fourth-order valence-corrected chi connectivity index (χ4v) is 2.46. The molecular formula is C15H14N2O2S. The maximum atomic E-state index is 11.9. The first-order chi connectivity index (χ1) is 9.70. The third kappa shape index (κ3) is 3.59. The number of rotatable bonds is 5. The molecule has 20 heavy (non-hydrogen) atoms. The SMILES string of the molecule is CC(CNC(=O)C(C#N)=Cc1ccco1)c1ccsc1. The lowest BCUT2D eigenvalue weighted by Crippen LogP contribution is -2.28. The summed E-state index contributed by atoms with van der Waals surface area (Å²) in [4.78, 5) is 11.9. The Morgan fingerprint density at radius 2 is 2.45 bits per heavy atom. The Morgan fingerprint density at radius 3 is 3.05 bits per heavy atom. The van der Waals surface area contributed by atoms with Crippen molar-refractivity contribution in [2.75, 3.05) is 6.54 Å². The van der Waals surface area contributed by atoms with Crippen LogP contribution < -0.4 is 5.32 Å². The highest BCUT2D eigenvalue weighted by atomic mass is 32.1. The number of amides is 1. The normalized spacial score (nSPS) is 12.7. The predicted octanol–water partition coefficient (Wildman–Crippen LogP) is 3.17. The van der Waals surface area contributed by atoms with Gasteiger partial charge in [0.2, 0.25) is 0 Å². The average Bonchev–Trinajstić information content (AvgIpc) is 3.14. The Hall–Kier alpha value is -2.32. The number of nitriles is 1. The lowest BCUT2D eigenvalue weighted by atomic mass is 10.1. The summed E-state index contributed by atoms with van der Waals surface area (Å²) in [5.41, 5.74) is 1.22. The lowest BCUT2D eigenvalue weighted by Gasteiger charge is -2.10. The number of nitrogens with zero attached hydrogens (tertiary/aromatic N) is 1. The van der Waals surface area contributed by atoms with Crippen molar-refractivity contribution in [2.45, 2.75) is 12.8 Å². The van der Waals surface area contributed by atoms with Crippen LogP contribution >= 0.6 is 11.3 Å². The Kier molecular flexibility index (Phi) is 4.75. The second-order valence-electron chi connectivity index (χ2n) is 4.35. The van der Waals surface area contributed by atoms with Gasteiger partial charge in [-0.05, 0) is 40.4 Å². The van der Waals surface area contributed by atoms with Gasteiger partial charge in [-0.1, -0.05) is 6.92 Å². The standard InChI is InChI=1S/C15H14N2O2S/c1-11(12-4-6-20-10-12)9-17-15(18)13(8-16)7-14-3-2-5-19-14/h2-7,10-11H,9H2,1H3,(H,17,18). The molecule has 0 fully saturated rings. The van der Waals surface area contributed by atoms with Crippen molar-refractivity contribution < 1.29 is 9.21 Å². The second-order valence-corrected chi connectivity index (χ2v) is 5.13. The zero-order valence-electron chi connectivity index (χ0n) is 11.0. The molecule has 0 aliphatic rings. The molecule has 5 heteroatoms. The monoisotopic (exact) mass is 286 g/mol. The van der Waals surface area contributed by atoms with E-state index in [1.54, 1.807) is 23.5 Å². The summed E-state index contributed by atoms with van der Waals surface area (Å²) >= 11 is 1.63. The van der Waals surface area contributed by atoms with E-state index in [1.165, 1.54) is 17.9 Å². The molecule has 0 bridgehead atoms. The molecule has 1 atom stereocenters. The highest BCUT2D eigenvalue weighted by Crippen LogP contribution is 2.17. The van der Waals surface area contributed by atoms with E-state index in [0.717, 1.165) is 0 Å². The van der Waals surface area contributed by atoms with Crippen LogP contribution in [0.25, 0.3) is 6.08 Å². The van der Waals surface area contributed by atoms with Gasteiger partial charge in [-0.25, -0.2) is 0 Å². The Labute approximate surface area is 121 Å². The van der Waals surface area contributed by atoms with Crippen molar-refractivity contribution in [3.05, 3.63) is 52.1 Å². The molecule has 2 rings (SSSR count). The molecule has 0 aliphatic heterocycles. The van der Waals surface area contributed by atoms with Crippen molar-refractivity contribution in [1.29, 1.82) is 5.26 Å². The molecule has 1 amide bonds. The fraction of sp³-hybridized carbons (Fsp3) is 0.200. The smallest absolute Gasteiger partial charge is 0.262 e. The van der Waals surface area contributed by atoms with Crippen molar-refractivity contribution >= 4 is 23.3 Å². The number of furan rings is 1. The number of carbonyl (C=O) groups excluding carboxylic acids is 1. The van der Waals surface area contributed by atoms with Gasteiger partial charge in [0.15, 0.2) is 0 Å². The molecule has 0 aliphatic carbocycles. The van der Waals surface area contributed by atoms with E-state index in [2.05, 4.69) is 10.7 Å². The van der Waals surface area contributed by atoms with Gasteiger partial charge in [0.05, 0.1) is 6.26 Å². The zero-order chi connectivity index (χ0) is 14.4. The van der Waals surface area contributed by atoms with Gasteiger partial charge >= 0.3 is 0 Å². The van der Waals surface area contributed by atoms with E-state index in [4.69, 9.17) is 9.68 Å². The Bertz CT molecular complexity index is 621. The highest BCUT2D eigenvalue weighted by molar-refractivity contribution is 7.07. The average molecular weight is 286 g/mol. The van der Waals surface area contributed by atoms with Crippen molar-refractivity contribution in [1.82, 2.24) is 5.32 Å². The number of hydrogen-bond acceptors (Lipinski definition) is 4. The minimum Gasteiger partial charge on any atom is -0.465 e. The van der Waals surface area contributed by atoms with Gasteiger partial charge in [-0.15, -0.1) is 0 Å². The minimum atomic E-state index is -0.383. The number of hydrogen-bond donors (Lipinski definition) is 1. The van der Waals surface area contributed by atoms with Crippen molar-refractivity contribution in [3.8, 4) is 6.07 Å². The number of nitrogens with one attached hydrogen (secondary N) is 1. The van der Waals surface area contributed by atoms with Gasteiger partial charge in [-0.2, -0.15) is 16.6 Å². The molecule has 102 valence electrons. The second kappa shape index (κ2) is 6.73. The first-order valence-electron chi connectivity index (χ1n) is 6.16. The van der Waals surface area contributed by atoms with Gasteiger partial charge in [0.25, 0.3) is 5.91 Å². The predicted molar refractivity (Wildman–Crippen MR) is 78.0 cm³/mol. The Balaban J connectivity index is 1.95. The first kappa shape index (κ1) is 14.1. The van der Waals surface area contributed by atoms with Crippen LogP contribution in [-0.2, 0) is 4.79 Å². The molecule has 1 N–H and O–H groups in total. The van der Waals surface area contributed by atoms with E-state index in [1.807, 2.05) is 24.4 Å². The molecule has 0 radical (unpaired) electrons. The van der Waals surface area contributed by atoms with E-state index < -0.39 is 0 Å². The number of thiophene rings is 1. The van der Waals surface area contributed by atoms with Crippen LogP contribution in [0.1, 0.15) is 24.2 Å². The van der Waals surface area contributed by atoms with Crippen molar-refractivity contribution in [3.63, 3.8) is 0 Å². The van der Waals surface area contributed by atoms with Gasteiger partial charge in [0.1, 0.15) is 17.4 Å². The zero-order valence-corrected chi connectivity index (χ0v) is 11.8. The van der Waals surface area contributed by atoms with Crippen LogP contribution in [0.15, 0.2) is 45.2 Å². The van der Waals surface area contributed by atoms with E-state index in [9.17, 15) is 4.79 Å². The topological polar surface area (TPSA) is 66.0 Å². The minimum absolute atomic E-state index is 0.0393. The summed E-state index contributed by atoms with van der Waals surface area (Å²) < 4.78 is 5.09. The van der Waals surface area contributed by atoms with E-state index in [0.29, 0.717) is 12.3 Å². The van der Waals surface area contributed by atoms with E-state index >= 15 is 0 Å². The molecule has 0 saturated heterocycles. The third-order valence-corrected chi connectivity index (χ3v) is 3.58. The lowest BCUT2D eigenvalue weighted by molar-refractivity contribution is -0.117. The van der Waals surface area contributed by atoms with Gasteiger partial charge < -0.3 is 9.73 Å². The summed E-state index contributed by atoms with van der Waals surface area (Å²) in [6.45, 7) is 2.53. The first-order valence-corrected chi connectivity index (χ1v) is 7.10. The molecule has 4 nitrogen and oxygen atoms in total. The molecule has 2 aromatic heterocycles. The molecular weight excluding hydrogens is 272 g/mol. The summed E-state index contributed by atoms with van der Waals surface area (Å²) in [5.74, 6) is 0.322. The molecule has 0 spiro atoms. The molecule has 0 saturated carbocycles. The fourth-order valence-electron chi connectivity index (χ4n) is 1.68. The quantitative estimate of drug-likeness (QED) is 0.678. The largest absolute Gasteiger partial charge is 0.465 e. The van der Waals surface area contributed by atoms with Gasteiger partial charge in [-0.3, -0.25) is 4.79 Å². The number of carbonyl (C=O) groups is 1.